The molecule has 0 N–H and O–H groups in total. The van der Waals surface area contributed by atoms with Crippen molar-refractivity contribution in [3.05, 3.63) is 59.9 Å². The maximum Gasteiger partial charge on any atom is 0.573 e. The number of rotatable bonds is 3. The highest BCUT2D eigenvalue weighted by Crippen LogP contribution is 2.33. The molecule has 0 aliphatic carbocycles. The largest absolute Gasteiger partial charge is 0.573 e. The van der Waals surface area contributed by atoms with Crippen molar-refractivity contribution in [2.24, 2.45) is 0 Å². The van der Waals surface area contributed by atoms with E-state index < -0.39 is 6.36 Å². The molecular formula is C18H14F3N5O2. The number of amides is 1. The lowest BCUT2D eigenvalue weighted by atomic mass is 10.00. The van der Waals surface area contributed by atoms with Crippen molar-refractivity contribution < 1.29 is 22.7 Å². The highest BCUT2D eigenvalue weighted by Gasteiger charge is 2.32. The first-order chi connectivity index (χ1) is 13.4. The van der Waals surface area contributed by atoms with Crippen molar-refractivity contribution in [3.63, 3.8) is 0 Å². The number of hydrogen-bond acceptors (Lipinski definition) is 5. The number of aryl methyl sites for hydroxylation is 1. The van der Waals surface area contributed by atoms with Crippen LogP contribution < -0.4 is 9.64 Å². The average Bonchev–Trinajstić information content (AvgIpc) is 3.20. The summed E-state index contributed by atoms with van der Waals surface area (Å²) in [5, 5.41) is 10.9. The van der Waals surface area contributed by atoms with Crippen LogP contribution in [0.2, 0.25) is 0 Å². The lowest BCUT2D eigenvalue weighted by Crippen LogP contribution is -2.35. The Morgan fingerprint density at radius 2 is 2.00 bits per heavy atom. The first-order valence-electron chi connectivity index (χ1n) is 8.45. The van der Waals surface area contributed by atoms with Crippen LogP contribution in [0.4, 0.5) is 18.9 Å². The van der Waals surface area contributed by atoms with E-state index >= 15 is 0 Å². The zero-order chi connectivity index (χ0) is 19.7. The molecule has 0 radical (unpaired) electrons. The molecule has 10 heteroatoms. The van der Waals surface area contributed by atoms with Crippen molar-refractivity contribution in [2.75, 3.05) is 11.4 Å². The fourth-order valence-corrected chi connectivity index (χ4v) is 3.20. The number of anilines is 1. The van der Waals surface area contributed by atoms with Crippen molar-refractivity contribution in [1.29, 1.82) is 0 Å². The van der Waals surface area contributed by atoms with Crippen LogP contribution in [0.5, 0.6) is 5.75 Å². The molecule has 0 saturated carbocycles. The minimum atomic E-state index is -4.75. The van der Waals surface area contributed by atoms with Gasteiger partial charge in [0.25, 0.3) is 5.91 Å². The summed E-state index contributed by atoms with van der Waals surface area (Å²) in [6.07, 6.45) is -2.13. The molecule has 3 aromatic rings. The number of nitrogens with zero attached hydrogens (tertiary/aromatic N) is 5. The number of carbonyl (C=O) groups is 1. The second-order valence-corrected chi connectivity index (χ2v) is 6.20. The zero-order valence-corrected chi connectivity index (χ0v) is 14.4. The molecule has 28 heavy (non-hydrogen) atoms. The van der Waals surface area contributed by atoms with Gasteiger partial charge in [-0.2, -0.15) is 0 Å². The van der Waals surface area contributed by atoms with Crippen molar-refractivity contribution >= 4 is 11.6 Å². The van der Waals surface area contributed by atoms with Gasteiger partial charge in [0.1, 0.15) is 12.1 Å². The van der Waals surface area contributed by atoms with Crippen LogP contribution in [0.25, 0.3) is 5.69 Å². The standard InChI is InChI=1S/C18H14F3N5O2/c19-18(20,21)28-15-6-7-16-12(10-15)4-2-8-25(16)17(27)13-3-1-5-14(9-13)26-11-22-23-24-26/h1,3,5-7,9-11H,2,4,8H2. The average molecular weight is 389 g/mol. The molecule has 0 fully saturated rings. The van der Waals surface area contributed by atoms with Crippen LogP contribution in [-0.4, -0.2) is 39.0 Å². The molecule has 0 unspecified atom stereocenters. The minimum Gasteiger partial charge on any atom is -0.406 e. The van der Waals surface area contributed by atoms with E-state index in [9.17, 15) is 18.0 Å². The first-order valence-corrected chi connectivity index (χ1v) is 8.45. The summed E-state index contributed by atoms with van der Waals surface area (Å²) in [5.41, 5.74) is 2.27. The van der Waals surface area contributed by atoms with E-state index in [-0.39, 0.29) is 11.7 Å². The molecule has 0 bridgehead atoms. The van der Waals surface area contributed by atoms with E-state index in [4.69, 9.17) is 0 Å². The molecule has 2 heterocycles. The Balaban J connectivity index is 1.63. The Hall–Kier alpha value is -3.43. The van der Waals surface area contributed by atoms with Gasteiger partial charge in [-0.15, -0.1) is 18.3 Å². The SMILES string of the molecule is O=C(c1cccc(-n2cnnn2)c1)N1CCCc2cc(OC(F)(F)F)ccc21. The predicted molar refractivity (Wildman–Crippen MR) is 92.3 cm³/mol. The topological polar surface area (TPSA) is 73.1 Å². The number of hydrogen-bond donors (Lipinski definition) is 0. The van der Waals surface area contributed by atoms with Crippen LogP contribution in [0.3, 0.4) is 0 Å². The van der Waals surface area contributed by atoms with E-state index in [1.54, 1.807) is 29.2 Å². The number of ether oxygens (including phenoxy) is 1. The van der Waals surface area contributed by atoms with Crippen LogP contribution in [-0.2, 0) is 6.42 Å². The number of halogens is 3. The van der Waals surface area contributed by atoms with Gasteiger partial charge < -0.3 is 9.64 Å². The van der Waals surface area contributed by atoms with Gasteiger partial charge in [-0.1, -0.05) is 6.07 Å². The number of tetrazole rings is 1. The molecule has 0 spiro atoms. The van der Waals surface area contributed by atoms with Gasteiger partial charge in [-0.3, -0.25) is 4.79 Å². The Morgan fingerprint density at radius 3 is 2.75 bits per heavy atom. The number of alkyl halides is 3. The van der Waals surface area contributed by atoms with E-state index in [2.05, 4.69) is 20.3 Å². The maximum atomic E-state index is 13.1. The Kier molecular flexibility index (Phi) is 4.46. The summed E-state index contributed by atoms with van der Waals surface area (Å²) in [6, 6.07) is 10.8. The minimum absolute atomic E-state index is 0.250. The number of carbonyl (C=O) groups excluding carboxylic acids is 1. The van der Waals surface area contributed by atoms with Gasteiger partial charge in [0.2, 0.25) is 0 Å². The second-order valence-electron chi connectivity index (χ2n) is 6.20. The molecule has 0 atom stereocenters. The number of aromatic nitrogens is 4. The quantitative estimate of drug-likeness (QED) is 0.688. The predicted octanol–water partition coefficient (Wildman–Crippen LogP) is 3.15. The lowest BCUT2D eigenvalue weighted by molar-refractivity contribution is -0.274. The summed E-state index contributed by atoms with van der Waals surface area (Å²) >= 11 is 0. The third kappa shape index (κ3) is 3.66. The Bertz CT molecular complexity index is 1000. The molecule has 144 valence electrons. The molecule has 1 aliphatic rings. The zero-order valence-electron chi connectivity index (χ0n) is 14.4. The molecular weight excluding hydrogens is 375 g/mol. The highest BCUT2D eigenvalue weighted by molar-refractivity contribution is 6.07. The fourth-order valence-electron chi connectivity index (χ4n) is 3.20. The summed E-state index contributed by atoms with van der Waals surface area (Å²) in [4.78, 5) is 14.6. The van der Waals surface area contributed by atoms with Crippen LogP contribution in [0, 0.1) is 0 Å². The fraction of sp³-hybridized carbons (Fsp3) is 0.222. The van der Waals surface area contributed by atoms with E-state index in [0.29, 0.717) is 41.9 Å². The molecule has 1 aliphatic heterocycles. The maximum absolute atomic E-state index is 13.1. The molecule has 4 rings (SSSR count). The smallest absolute Gasteiger partial charge is 0.406 e. The van der Waals surface area contributed by atoms with Crippen LogP contribution in [0.15, 0.2) is 48.8 Å². The van der Waals surface area contributed by atoms with Crippen molar-refractivity contribution in [1.82, 2.24) is 20.2 Å². The second kappa shape index (κ2) is 6.95. The number of fused-ring (bicyclic) bond motifs is 1. The normalized spacial score (nSPS) is 13.9. The molecule has 0 saturated heterocycles. The van der Waals surface area contributed by atoms with Crippen molar-refractivity contribution in [3.8, 4) is 11.4 Å². The van der Waals surface area contributed by atoms with E-state index in [1.807, 2.05) is 0 Å². The monoisotopic (exact) mass is 389 g/mol. The Morgan fingerprint density at radius 1 is 1.14 bits per heavy atom. The molecule has 1 aromatic heterocycles. The van der Waals surface area contributed by atoms with E-state index in [1.165, 1.54) is 29.2 Å². The molecule has 2 aromatic carbocycles. The van der Waals surface area contributed by atoms with Crippen LogP contribution >= 0.6 is 0 Å². The van der Waals surface area contributed by atoms with Gasteiger partial charge in [0.05, 0.1) is 5.69 Å². The molecule has 1 amide bonds. The van der Waals surface area contributed by atoms with Gasteiger partial charge in [0.15, 0.2) is 0 Å². The lowest BCUT2D eigenvalue weighted by Gasteiger charge is -2.30. The summed E-state index contributed by atoms with van der Waals surface area (Å²) in [7, 11) is 0. The summed E-state index contributed by atoms with van der Waals surface area (Å²) in [6.45, 7) is 0.473. The summed E-state index contributed by atoms with van der Waals surface area (Å²) < 4.78 is 42.8. The van der Waals surface area contributed by atoms with Gasteiger partial charge >= 0.3 is 6.36 Å². The van der Waals surface area contributed by atoms with E-state index in [0.717, 1.165) is 0 Å². The third-order valence-corrected chi connectivity index (χ3v) is 4.35. The van der Waals surface area contributed by atoms with Gasteiger partial charge in [0, 0.05) is 17.8 Å². The Labute approximate surface area is 157 Å². The van der Waals surface area contributed by atoms with Crippen LogP contribution in [0.1, 0.15) is 22.3 Å². The molecule has 7 nitrogen and oxygen atoms in total. The third-order valence-electron chi connectivity index (χ3n) is 4.35. The highest BCUT2D eigenvalue weighted by atomic mass is 19.4. The number of benzene rings is 2. The summed E-state index contributed by atoms with van der Waals surface area (Å²) in [5.74, 6) is -0.540. The van der Waals surface area contributed by atoms with Crippen molar-refractivity contribution in [2.45, 2.75) is 19.2 Å². The first kappa shape index (κ1) is 18.0. The van der Waals surface area contributed by atoms with Gasteiger partial charge in [-0.25, -0.2) is 4.68 Å². The van der Waals surface area contributed by atoms with Gasteiger partial charge in [-0.05, 0) is 65.2 Å².